The molecule has 0 radical (unpaired) electrons. The summed E-state index contributed by atoms with van der Waals surface area (Å²) in [6.07, 6.45) is 3.94. The third-order valence-electron chi connectivity index (χ3n) is 5.95. The highest BCUT2D eigenvalue weighted by molar-refractivity contribution is 6.00. The van der Waals surface area contributed by atoms with Crippen molar-refractivity contribution in [3.63, 3.8) is 0 Å². The van der Waals surface area contributed by atoms with Gasteiger partial charge in [0.15, 0.2) is 5.78 Å². The molecule has 2 aliphatic rings. The highest BCUT2D eigenvalue weighted by Gasteiger charge is 2.44. The van der Waals surface area contributed by atoms with E-state index in [1.807, 2.05) is 45.0 Å². The van der Waals surface area contributed by atoms with E-state index in [1.165, 1.54) is 17.4 Å². The van der Waals surface area contributed by atoms with E-state index in [4.69, 9.17) is 5.73 Å². The standard InChI is InChI=1S/C25H25N5O2/c1-15-4-6-16(7-5-15)21-18(14-26)23(27)30(29-24(32)17-8-10-28-11-9-17)19-12-25(2,3)13-20(31)22(19)21/h4-11,21H,12-13,27H2,1-3H3,(H,29,32). The molecule has 1 unspecified atom stereocenters. The fourth-order valence-electron chi connectivity index (χ4n) is 4.40. The normalized spacial score (nSPS) is 20.0. The van der Waals surface area contributed by atoms with Crippen LogP contribution in [0.2, 0.25) is 0 Å². The van der Waals surface area contributed by atoms with Gasteiger partial charge < -0.3 is 5.73 Å². The number of ketones is 1. The Kier molecular flexibility index (Phi) is 5.31. The molecule has 0 spiro atoms. The lowest BCUT2D eigenvalue weighted by Gasteiger charge is -2.43. The van der Waals surface area contributed by atoms with Crippen molar-refractivity contribution in [3.05, 3.63) is 88.1 Å². The van der Waals surface area contributed by atoms with E-state index in [1.54, 1.807) is 12.1 Å². The maximum absolute atomic E-state index is 13.4. The quantitative estimate of drug-likeness (QED) is 0.776. The van der Waals surface area contributed by atoms with Crippen molar-refractivity contribution in [1.29, 1.82) is 5.26 Å². The largest absolute Gasteiger partial charge is 0.383 e. The summed E-state index contributed by atoms with van der Waals surface area (Å²) in [5.41, 5.74) is 12.7. The molecule has 1 aliphatic heterocycles. The van der Waals surface area contributed by atoms with Crippen LogP contribution >= 0.6 is 0 Å². The molecule has 2 aromatic rings. The summed E-state index contributed by atoms with van der Waals surface area (Å²) in [6.45, 7) is 6.01. The van der Waals surface area contributed by atoms with Crippen molar-refractivity contribution in [2.24, 2.45) is 11.1 Å². The number of nitrogens with one attached hydrogen (secondary N) is 1. The Balaban J connectivity index is 1.86. The molecular weight excluding hydrogens is 402 g/mol. The molecule has 0 bridgehead atoms. The number of hydrogen-bond donors (Lipinski definition) is 2. The van der Waals surface area contributed by atoms with Gasteiger partial charge in [0.1, 0.15) is 5.82 Å². The van der Waals surface area contributed by atoms with Crippen LogP contribution in [0.1, 0.15) is 54.1 Å². The number of pyridine rings is 1. The number of nitriles is 1. The lowest BCUT2D eigenvalue weighted by atomic mass is 9.69. The number of hydrazine groups is 1. The summed E-state index contributed by atoms with van der Waals surface area (Å²) in [7, 11) is 0. The van der Waals surface area contributed by atoms with Crippen molar-refractivity contribution in [3.8, 4) is 6.07 Å². The maximum atomic E-state index is 13.4. The lowest BCUT2D eigenvalue weighted by Crippen LogP contribution is -2.49. The molecule has 7 nitrogen and oxygen atoms in total. The third-order valence-corrected chi connectivity index (χ3v) is 5.95. The minimum Gasteiger partial charge on any atom is -0.383 e. The molecule has 1 amide bonds. The molecule has 1 aromatic carbocycles. The van der Waals surface area contributed by atoms with Gasteiger partial charge in [0.25, 0.3) is 5.91 Å². The van der Waals surface area contributed by atoms with Gasteiger partial charge in [0.2, 0.25) is 0 Å². The second-order valence-corrected chi connectivity index (χ2v) is 9.07. The highest BCUT2D eigenvalue weighted by Crippen LogP contribution is 2.48. The molecule has 0 saturated heterocycles. The molecule has 162 valence electrons. The third kappa shape index (κ3) is 3.76. The predicted molar refractivity (Wildman–Crippen MR) is 119 cm³/mol. The van der Waals surface area contributed by atoms with E-state index in [9.17, 15) is 14.9 Å². The zero-order chi connectivity index (χ0) is 23.0. The number of aromatic nitrogens is 1. The van der Waals surface area contributed by atoms with Gasteiger partial charge in [-0.25, -0.2) is 5.01 Å². The van der Waals surface area contributed by atoms with Crippen LogP contribution in [0.15, 0.2) is 71.5 Å². The monoisotopic (exact) mass is 427 g/mol. The van der Waals surface area contributed by atoms with Gasteiger partial charge in [0.05, 0.1) is 23.3 Å². The Morgan fingerprint density at radius 1 is 1.19 bits per heavy atom. The summed E-state index contributed by atoms with van der Waals surface area (Å²) in [4.78, 5) is 30.2. The van der Waals surface area contributed by atoms with Crippen molar-refractivity contribution in [1.82, 2.24) is 15.4 Å². The van der Waals surface area contributed by atoms with Crippen LogP contribution in [-0.2, 0) is 4.79 Å². The second kappa shape index (κ2) is 7.97. The van der Waals surface area contributed by atoms with E-state index < -0.39 is 11.8 Å². The van der Waals surface area contributed by atoms with Crippen molar-refractivity contribution in [2.45, 2.75) is 39.5 Å². The van der Waals surface area contributed by atoms with Crippen molar-refractivity contribution in [2.75, 3.05) is 0 Å². The van der Waals surface area contributed by atoms with Gasteiger partial charge in [-0.3, -0.25) is 20.0 Å². The topological polar surface area (TPSA) is 112 Å². The van der Waals surface area contributed by atoms with E-state index in [0.29, 0.717) is 29.7 Å². The van der Waals surface area contributed by atoms with Crippen LogP contribution in [0.5, 0.6) is 0 Å². The molecule has 0 fully saturated rings. The Hall–Kier alpha value is -3.92. The average Bonchev–Trinajstić information content (AvgIpc) is 2.76. The van der Waals surface area contributed by atoms with Crippen LogP contribution in [-0.4, -0.2) is 21.7 Å². The smallest absolute Gasteiger partial charge is 0.270 e. The molecule has 3 N–H and O–H groups in total. The lowest BCUT2D eigenvalue weighted by molar-refractivity contribution is -0.118. The summed E-state index contributed by atoms with van der Waals surface area (Å²) < 4.78 is 0. The van der Waals surface area contributed by atoms with Gasteiger partial charge in [-0.15, -0.1) is 0 Å². The highest BCUT2D eigenvalue weighted by atomic mass is 16.2. The van der Waals surface area contributed by atoms with Crippen molar-refractivity contribution < 1.29 is 9.59 Å². The molecule has 1 atom stereocenters. The number of allylic oxidation sites excluding steroid dienone is 3. The number of aryl methyl sites for hydroxylation is 1. The molecule has 32 heavy (non-hydrogen) atoms. The van der Waals surface area contributed by atoms with Crippen LogP contribution in [0.4, 0.5) is 0 Å². The minimum atomic E-state index is -0.562. The first-order chi connectivity index (χ1) is 15.2. The van der Waals surface area contributed by atoms with Gasteiger partial charge in [-0.2, -0.15) is 5.26 Å². The summed E-state index contributed by atoms with van der Waals surface area (Å²) in [5.74, 6) is -0.868. The number of hydrogen-bond acceptors (Lipinski definition) is 6. The number of carbonyl (C=O) groups excluding carboxylic acids is 2. The first-order valence-corrected chi connectivity index (χ1v) is 10.5. The number of Topliss-reactive ketones (excluding diaryl/α,β-unsaturated/α-hetero) is 1. The number of nitrogens with zero attached hydrogens (tertiary/aromatic N) is 3. The Morgan fingerprint density at radius 3 is 2.47 bits per heavy atom. The number of nitrogens with two attached hydrogens (primary N) is 1. The van der Waals surface area contributed by atoms with Crippen molar-refractivity contribution >= 4 is 11.7 Å². The fraction of sp³-hybridized carbons (Fsp3) is 0.280. The fourth-order valence-corrected chi connectivity index (χ4v) is 4.40. The molecule has 1 aliphatic carbocycles. The molecule has 1 aromatic heterocycles. The number of carbonyl (C=O) groups is 2. The molecule has 0 saturated carbocycles. The maximum Gasteiger partial charge on any atom is 0.270 e. The Labute approximate surface area is 187 Å². The Bertz CT molecular complexity index is 1190. The first-order valence-electron chi connectivity index (χ1n) is 10.5. The molecular formula is C25H25N5O2. The van der Waals surface area contributed by atoms with E-state index in [2.05, 4.69) is 16.5 Å². The van der Waals surface area contributed by atoms with Gasteiger partial charge in [0, 0.05) is 30.0 Å². The van der Waals surface area contributed by atoms with Crippen LogP contribution < -0.4 is 11.2 Å². The summed E-state index contributed by atoms with van der Waals surface area (Å²) >= 11 is 0. The predicted octanol–water partition coefficient (Wildman–Crippen LogP) is 3.47. The van der Waals surface area contributed by atoms with E-state index in [-0.39, 0.29) is 22.6 Å². The van der Waals surface area contributed by atoms with E-state index in [0.717, 1.165) is 11.1 Å². The molecule has 4 rings (SSSR count). The zero-order valence-corrected chi connectivity index (χ0v) is 18.3. The van der Waals surface area contributed by atoms with Crippen LogP contribution in [0.3, 0.4) is 0 Å². The first kappa shape index (κ1) is 21.3. The molecule has 7 heteroatoms. The number of rotatable bonds is 3. The average molecular weight is 428 g/mol. The molecule has 2 heterocycles. The number of amides is 1. The van der Waals surface area contributed by atoms with Crippen LogP contribution in [0.25, 0.3) is 0 Å². The summed E-state index contributed by atoms with van der Waals surface area (Å²) in [6, 6.07) is 13.1. The summed E-state index contributed by atoms with van der Waals surface area (Å²) in [5, 5.41) is 11.5. The second-order valence-electron chi connectivity index (χ2n) is 9.07. The number of benzene rings is 1. The Morgan fingerprint density at radius 2 is 1.84 bits per heavy atom. The minimum absolute atomic E-state index is 0.0368. The SMILES string of the molecule is Cc1ccc(C2C(C#N)=C(N)N(NC(=O)c3ccncc3)C3=C2C(=O)CC(C)(C)C3)cc1. The van der Waals surface area contributed by atoms with Crippen LogP contribution in [0, 0.1) is 23.7 Å². The van der Waals surface area contributed by atoms with E-state index >= 15 is 0 Å². The van der Waals surface area contributed by atoms with Gasteiger partial charge >= 0.3 is 0 Å². The zero-order valence-electron chi connectivity index (χ0n) is 18.3. The van der Waals surface area contributed by atoms with Gasteiger partial charge in [-0.05, 0) is 36.5 Å². The van der Waals surface area contributed by atoms with Gasteiger partial charge in [-0.1, -0.05) is 43.7 Å².